The van der Waals surface area contributed by atoms with Crippen LogP contribution in [0.25, 0.3) is 0 Å². The van der Waals surface area contributed by atoms with E-state index in [1.165, 1.54) is 0 Å². The number of aromatic nitrogens is 4. The van der Waals surface area contributed by atoms with E-state index in [4.69, 9.17) is 4.98 Å². The third kappa shape index (κ3) is 6.10. The summed E-state index contributed by atoms with van der Waals surface area (Å²) in [4.78, 5) is 23.3. The molecule has 1 N–H and O–H groups in total. The predicted octanol–water partition coefficient (Wildman–Crippen LogP) is 5.02. The lowest BCUT2D eigenvalue weighted by molar-refractivity contribution is -0.127. The van der Waals surface area contributed by atoms with Gasteiger partial charge in [0.25, 0.3) is 5.91 Å². The molecule has 1 amide bonds. The van der Waals surface area contributed by atoms with Gasteiger partial charge in [-0.05, 0) is 61.2 Å². The largest absolute Gasteiger partial charge is 0.321 e. The highest BCUT2D eigenvalue weighted by molar-refractivity contribution is 6.03. The van der Waals surface area contributed by atoms with Crippen molar-refractivity contribution in [2.24, 2.45) is 13.0 Å². The molecule has 8 nitrogen and oxygen atoms in total. The van der Waals surface area contributed by atoms with Crippen molar-refractivity contribution in [1.82, 2.24) is 29.5 Å². The Kier molecular flexibility index (Phi) is 7.64. The van der Waals surface area contributed by atoms with E-state index in [1.807, 2.05) is 31.3 Å². The second-order valence-corrected chi connectivity index (χ2v) is 13.2. The highest BCUT2D eigenvalue weighted by Crippen LogP contribution is 2.55. The predicted molar refractivity (Wildman–Crippen MR) is 158 cm³/mol. The number of hydrogen-bond acceptors (Lipinski definition) is 6. The van der Waals surface area contributed by atoms with Gasteiger partial charge in [0.2, 0.25) is 5.92 Å². The molecule has 1 unspecified atom stereocenters. The minimum atomic E-state index is -2.72. The lowest BCUT2D eigenvalue weighted by atomic mass is 9.60. The molecular formula is C32H41F2N7O. The van der Waals surface area contributed by atoms with E-state index in [0.717, 1.165) is 55.8 Å². The number of benzene rings is 1. The maximum Gasteiger partial charge on any atom is 0.274 e. The van der Waals surface area contributed by atoms with Crippen molar-refractivity contribution in [2.75, 3.05) is 32.0 Å². The summed E-state index contributed by atoms with van der Waals surface area (Å²) in [6.07, 6.45) is 3.61. The molecule has 0 spiro atoms. The molecule has 3 aliphatic rings. The number of rotatable bonds is 9. The van der Waals surface area contributed by atoms with Crippen LogP contribution in [0.4, 0.5) is 14.5 Å². The van der Waals surface area contributed by atoms with E-state index < -0.39 is 11.3 Å². The Hall–Kier alpha value is -3.24. The molecular weight excluding hydrogens is 536 g/mol. The van der Waals surface area contributed by atoms with Gasteiger partial charge in [0.05, 0.1) is 0 Å². The van der Waals surface area contributed by atoms with E-state index in [0.29, 0.717) is 41.5 Å². The Labute approximate surface area is 246 Å². The van der Waals surface area contributed by atoms with Crippen LogP contribution in [0.2, 0.25) is 0 Å². The number of piperazine rings is 1. The van der Waals surface area contributed by atoms with Crippen molar-refractivity contribution in [3.05, 3.63) is 71.1 Å². The fourth-order valence-corrected chi connectivity index (χ4v) is 6.72. The number of alkyl halides is 2. The number of amides is 1. The van der Waals surface area contributed by atoms with Crippen molar-refractivity contribution in [2.45, 2.75) is 75.8 Å². The highest BCUT2D eigenvalue weighted by Gasteiger charge is 2.57. The van der Waals surface area contributed by atoms with Crippen LogP contribution < -0.4 is 5.32 Å². The summed E-state index contributed by atoms with van der Waals surface area (Å²) in [6, 6.07) is 11.9. The SMILES string of the molecule is CC(C)C1CN(C)CCN1Cc1cc(C(=O)Nc2cccc(C3(Cc4nncn4C)CC(F)(F)C3)c2)nc(C2CC2)c1. The molecule has 1 aliphatic heterocycles. The third-order valence-electron chi connectivity index (χ3n) is 9.25. The number of halogens is 2. The third-order valence-corrected chi connectivity index (χ3v) is 9.25. The first kappa shape index (κ1) is 28.9. The molecule has 42 heavy (non-hydrogen) atoms. The molecule has 1 aromatic carbocycles. The van der Waals surface area contributed by atoms with Gasteiger partial charge >= 0.3 is 0 Å². The molecule has 2 aromatic heterocycles. The van der Waals surface area contributed by atoms with Crippen molar-refractivity contribution >= 4 is 11.6 Å². The Bertz CT molecular complexity index is 1440. The number of carbonyl (C=O) groups is 1. The van der Waals surface area contributed by atoms with Gasteiger partial charge in [-0.3, -0.25) is 9.69 Å². The fraction of sp³-hybridized carbons (Fsp3) is 0.562. The van der Waals surface area contributed by atoms with E-state index in [2.05, 4.69) is 52.3 Å². The summed E-state index contributed by atoms with van der Waals surface area (Å²) in [7, 11) is 4.00. The maximum absolute atomic E-state index is 14.3. The van der Waals surface area contributed by atoms with E-state index in [9.17, 15) is 13.6 Å². The van der Waals surface area contributed by atoms with Crippen LogP contribution in [0.3, 0.4) is 0 Å². The Morgan fingerprint density at radius 1 is 1.12 bits per heavy atom. The second kappa shape index (κ2) is 11.1. The lowest BCUT2D eigenvalue weighted by Gasteiger charge is -2.47. The van der Waals surface area contributed by atoms with E-state index in [-0.39, 0.29) is 18.7 Å². The van der Waals surface area contributed by atoms with Crippen LogP contribution in [-0.4, -0.2) is 74.1 Å². The Balaban J connectivity index is 1.23. The summed E-state index contributed by atoms with van der Waals surface area (Å²) >= 11 is 0. The van der Waals surface area contributed by atoms with Crippen LogP contribution >= 0.6 is 0 Å². The number of pyridine rings is 1. The average molecular weight is 578 g/mol. The van der Waals surface area contributed by atoms with Crippen molar-refractivity contribution in [1.29, 1.82) is 0 Å². The normalized spacial score (nSPS) is 22.2. The molecule has 3 aromatic rings. The standard InChI is InChI=1S/C32H41F2N7O/c1-21(2)28-17-39(3)10-11-41(28)16-22-12-26(23-8-9-23)37-27(13-22)30(42)36-25-7-5-6-24(14-25)31(18-32(33,34)19-31)15-29-38-35-20-40(29)4/h5-7,12-14,20-21,23,28H,8-11,15-19H2,1-4H3,(H,36,42). The number of likely N-dealkylation sites (N-methyl/N-ethyl adjacent to an activating group) is 1. The fourth-order valence-electron chi connectivity index (χ4n) is 6.72. The van der Waals surface area contributed by atoms with Gasteiger partial charge in [0, 0.05) is 81.2 Å². The van der Waals surface area contributed by atoms with E-state index >= 15 is 0 Å². The lowest BCUT2D eigenvalue weighted by Crippen LogP contribution is -2.53. The second-order valence-electron chi connectivity index (χ2n) is 13.2. The van der Waals surface area contributed by atoms with Crippen molar-refractivity contribution < 1.29 is 13.6 Å². The first-order valence-electron chi connectivity index (χ1n) is 15.1. The van der Waals surface area contributed by atoms with Crippen LogP contribution in [0.1, 0.15) is 78.6 Å². The van der Waals surface area contributed by atoms with Crippen LogP contribution in [0.15, 0.2) is 42.7 Å². The van der Waals surface area contributed by atoms with Gasteiger partial charge in [-0.1, -0.05) is 26.0 Å². The van der Waals surface area contributed by atoms with Crippen molar-refractivity contribution in [3.8, 4) is 0 Å². The monoisotopic (exact) mass is 577 g/mol. The molecule has 6 rings (SSSR count). The van der Waals surface area contributed by atoms with Gasteiger partial charge in [-0.25, -0.2) is 13.8 Å². The molecule has 2 saturated carbocycles. The number of nitrogens with zero attached hydrogens (tertiary/aromatic N) is 6. The molecule has 2 aliphatic carbocycles. The summed E-state index contributed by atoms with van der Waals surface area (Å²) in [5, 5.41) is 11.1. The highest BCUT2D eigenvalue weighted by atomic mass is 19.3. The molecule has 1 saturated heterocycles. The molecule has 0 bridgehead atoms. The Morgan fingerprint density at radius 3 is 2.57 bits per heavy atom. The molecule has 224 valence electrons. The topological polar surface area (TPSA) is 79.2 Å². The summed E-state index contributed by atoms with van der Waals surface area (Å²) < 4.78 is 30.3. The summed E-state index contributed by atoms with van der Waals surface area (Å²) in [5.74, 6) is -1.40. The zero-order valence-corrected chi connectivity index (χ0v) is 25.0. The number of carbonyl (C=O) groups excluding carboxylic acids is 1. The molecule has 3 fully saturated rings. The Morgan fingerprint density at radius 2 is 1.90 bits per heavy atom. The number of anilines is 1. The van der Waals surface area contributed by atoms with Crippen LogP contribution in [0.5, 0.6) is 0 Å². The first-order valence-corrected chi connectivity index (χ1v) is 15.1. The first-order chi connectivity index (χ1) is 20.0. The van der Waals surface area contributed by atoms with Gasteiger partial charge in [0.1, 0.15) is 17.8 Å². The number of hydrogen-bond donors (Lipinski definition) is 1. The minimum Gasteiger partial charge on any atom is -0.321 e. The zero-order chi connectivity index (χ0) is 29.6. The maximum atomic E-state index is 14.3. The molecule has 1 atom stereocenters. The quantitative estimate of drug-likeness (QED) is 0.385. The number of aryl methyl sites for hydroxylation is 1. The summed E-state index contributed by atoms with van der Waals surface area (Å²) in [5.41, 5.74) is 3.08. The van der Waals surface area contributed by atoms with Crippen LogP contribution in [0, 0.1) is 5.92 Å². The minimum absolute atomic E-state index is 0.262. The molecule has 0 radical (unpaired) electrons. The van der Waals surface area contributed by atoms with Crippen molar-refractivity contribution in [3.63, 3.8) is 0 Å². The molecule has 10 heteroatoms. The van der Waals surface area contributed by atoms with Gasteiger partial charge in [0.15, 0.2) is 0 Å². The number of nitrogens with one attached hydrogen (secondary N) is 1. The molecule has 3 heterocycles. The van der Waals surface area contributed by atoms with E-state index in [1.54, 1.807) is 17.0 Å². The van der Waals surface area contributed by atoms with Gasteiger partial charge in [-0.2, -0.15) is 0 Å². The summed E-state index contributed by atoms with van der Waals surface area (Å²) in [6.45, 7) is 8.38. The smallest absolute Gasteiger partial charge is 0.274 e. The average Bonchev–Trinajstić information content (AvgIpc) is 3.71. The van der Waals surface area contributed by atoms with Crippen LogP contribution in [-0.2, 0) is 25.4 Å². The van der Waals surface area contributed by atoms with Gasteiger partial charge in [-0.15, -0.1) is 10.2 Å². The van der Waals surface area contributed by atoms with Gasteiger partial charge < -0.3 is 14.8 Å². The zero-order valence-electron chi connectivity index (χ0n) is 25.0.